The first-order valence-electron chi connectivity index (χ1n) is 6.95. The summed E-state index contributed by atoms with van der Waals surface area (Å²) >= 11 is 6.33. The predicted octanol–water partition coefficient (Wildman–Crippen LogP) is 3.38. The van der Waals surface area contributed by atoms with Gasteiger partial charge in [-0.2, -0.15) is 0 Å². The lowest BCUT2D eigenvalue weighted by atomic mass is 9.99. The van der Waals surface area contributed by atoms with E-state index in [1.165, 1.54) is 0 Å². The highest BCUT2D eigenvalue weighted by molar-refractivity contribution is 6.31. The summed E-state index contributed by atoms with van der Waals surface area (Å²) in [5.74, 6) is 6.45. The molecular weight excluding hydrogens is 286 g/mol. The Morgan fingerprint density at radius 1 is 1.33 bits per heavy atom. The smallest absolute Gasteiger partial charge is 0.137 e. The van der Waals surface area contributed by atoms with Gasteiger partial charge in [0.15, 0.2) is 0 Å². The normalized spacial score (nSPS) is 12.2. The highest BCUT2D eigenvalue weighted by Gasteiger charge is 2.16. The van der Waals surface area contributed by atoms with E-state index >= 15 is 0 Å². The molecule has 2 rings (SSSR count). The minimum Gasteiger partial charge on any atom is -0.492 e. The Morgan fingerprint density at radius 3 is 2.81 bits per heavy atom. The second kappa shape index (κ2) is 7.41. The van der Waals surface area contributed by atoms with E-state index in [2.05, 4.69) is 17.3 Å². The summed E-state index contributed by atoms with van der Waals surface area (Å²) < 4.78 is 5.61. The Hall–Kier alpha value is -1.62. The SMILES string of the molecule is CCCOc1cncc(C(NN)c2ccc(C)cc2Cl)c1. The number of halogens is 1. The lowest BCUT2D eigenvalue weighted by Gasteiger charge is -2.19. The Kier molecular flexibility index (Phi) is 5.56. The van der Waals surface area contributed by atoms with Crippen LogP contribution in [0.25, 0.3) is 0 Å². The number of nitrogens with zero attached hydrogens (tertiary/aromatic N) is 1. The minimum absolute atomic E-state index is 0.226. The maximum absolute atomic E-state index is 6.33. The van der Waals surface area contributed by atoms with Gasteiger partial charge in [-0.25, -0.2) is 5.43 Å². The Labute approximate surface area is 130 Å². The van der Waals surface area contributed by atoms with E-state index in [0.29, 0.717) is 11.6 Å². The van der Waals surface area contributed by atoms with Gasteiger partial charge in [-0.05, 0) is 42.2 Å². The lowest BCUT2D eigenvalue weighted by molar-refractivity contribution is 0.315. The molecule has 5 heteroatoms. The van der Waals surface area contributed by atoms with E-state index in [9.17, 15) is 0 Å². The quantitative estimate of drug-likeness (QED) is 0.634. The molecule has 112 valence electrons. The van der Waals surface area contributed by atoms with Gasteiger partial charge >= 0.3 is 0 Å². The van der Waals surface area contributed by atoms with Gasteiger partial charge in [0.2, 0.25) is 0 Å². The van der Waals surface area contributed by atoms with Gasteiger partial charge in [0, 0.05) is 11.2 Å². The molecule has 1 heterocycles. The molecule has 0 spiro atoms. The molecule has 0 saturated heterocycles. The molecule has 1 atom stereocenters. The fourth-order valence-corrected chi connectivity index (χ4v) is 2.47. The third-order valence-corrected chi connectivity index (χ3v) is 3.50. The number of hydrogen-bond donors (Lipinski definition) is 2. The molecule has 2 aromatic rings. The highest BCUT2D eigenvalue weighted by atomic mass is 35.5. The van der Waals surface area contributed by atoms with E-state index in [-0.39, 0.29) is 6.04 Å². The van der Waals surface area contributed by atoms with Gasteiger partial charge in [-0.15, -0.1) is 0 Å². The molecule has 0 aliphatic carbocycles. The molecule has 0 amide bonds. The van der Waals surface area contributed by atoms with Crippen molar-refractivity contribution in [1.29, 1.82) is 0 Å². The molecule has 21 heavy (non-hydrogen) atoms. The zero-order chi connectivity index (χ0) is 15.2. The van der Waals surface area contributed by atoms with Crippen LogP contribution in [0.3, 0.4) is 0 Å². The van der Waals surface area contributed by atoms with Crippen LogP contribution in [0.15, 0.2) is 36.7 Å². The monoisotopic (exact) mass is 305 g/mol. The van der Waals surface area contributed by atoms with Crippen LogP contribution in [0.4, 0.5) is 0 Å². The van der Waals surface area contributed by atoms with Gasteiger partial charge < -0.3 is 4.74 Å². The van der Waals surface area contributed by atoms with Crippen LogP contribution in [-0.4, -0.2) is 11.6 Å². The molecule has 3 N–H and O–H groups in total. The summed E-state index contributed by atoms with van der Waals surface area (Å²) in [5, 5.41) is 0.679. The third-order valence-electron chi connectivity index (χ3n) is 3.17. The van der Waals surface area contributed by atoms with Gasteiger partial charge in [-0.3, -0.25) is 10.8 Å². The predicted molar refractivity (Wildman–Crippen MR) is 85.4 cm³/mol. The van der Waals surface area contributed by atoms with Crippen molar-refractivity contribution in [2.75, 3.05) is 6.61 Å². The second-order valence-electron chi connectivity index (χ2n) is 4.93. The van der Waals surface area contributed by atoms with E-state index in [0.717, 1.165) is 28.9 Å². The summed E-state index contributed by atoms with van der Waals surface area (Å²) in [5.41, 5.74) is 5.74. The summed E-state index contributed by atoms with van der Waals surface area (Å²) in [6, 6.07) is 7.61. The average Bonchev–Trinajstić information content (AvgIpc) is 2.48. The first kappa shape index (κ1) is 15.8. The Balaban J connectivity index is 2.32. The number of aromatic nitrogens is 1. The third kappa shape index (κ3) is 3.94. The molecule has 1 unspecified atom stereocenters. The number of hydrazine groups is 1. The molecule has 0 fully saturated rings. The number of nitrogens with one attached hydrogen (secondary N) is 1. The van der Waals surface area contributed by atoms with Crippen molar-refractivity contribution in [3.63, 3.8) is 0 Å². The van der Waals surface area contributed by atoms with Crippen molar-refractivity contribution >= 4 is 11.6 Å². The average molecular weight is 306 g/mol. The lowest BCUT2D eigenvalue weighted by Crippen LogP contribution is -2.29. The van der Waals surface area contributed by atoms with Crippen LogP contribution >= 0.6 is 11.6 Å². The van der Waals surface area contributed by atoms with Crippen LogP contribution in [0, 0.1) is 6.92 Å². The molecule has 1 aromatic heterocycles. The summed E-state index contributed by atoms with van der Waals surface area (Å²) in [7, 11) is 0. The van der Waals surface area contributed by atoms with Gasteiger partial charge in [0.1, 0.15) is 5.75 Å². The van der Waals surface area contributed by atoms with Gasteiger partial charge in [-0.1, -0.05) is 30.7 Å². The molecule has 1 aromatic carbocycles. The summed E-state index contributed by atoms with van der Waals surface area (Å²) in [6.07, 6.45) is 4.41. The summed E-state index contributed by atoms with van der Waals surface area (Å²) in [6.45, 7) is 4.73. The van der Waals surface area contributed by atoms with Crippen LogP contribution in [0.1, 0.15) is 36.1 Å². The second-order valence-corrected chi connectivity index (χ2v) is 5.33. The highest BCUT2D eigenvalue weighted by Crippen LogP contribution is 2.29. The first-order chi connectivity index (χ1) is 10.2. The maximum atomic E-state index is 6.33. The van der Waals surface area contributed by atoms with Crippen molar-refractivity contribution in [1.82, 2.24) is 10.4 Å². The van der Waals surface area contributed by atoms with E-state index in [1.54, 1.807) is 12.4 Å². The first-order valence-corrected chi connectivity index (χ1v) is 7.33. The number of hydrogen-bond acceptors (Lipinski definition) is 4. The number of benzene rings is 1. The standard InChI is InChI=1S/C16H20ClN3O/c1-3-6-21-13-8-12(9-19-10-13)16(20-18)14-5-4-11(2)7-15(14)17/h4-5,7-10,16,20H,3,6,18H2,1-2H3. The van der Waals surface area contributed by atoms with Crippen LogP contribution in [-0.2, 0) is 0 Å². The van der Waals surface area contributed by atoms with E-state index in [4.69, 9.17) is 22.2 Å². The van der Waals surface area contributed by atoms with Crippen molar-refractivity contribution < 1.29 is 4.74 Å². The van der Waals surface area contributed by atoms with Crippen molar-refractivity contribution in [2.45, 2.75) is 26.3 Å². The molecule has 0 bridgehead atoms. The zero-order valence-electron chi connectivity index (χ0n) is 12.3. The molecule has 0 aliphatic heterocycles. The fraction of sp³-hybridized carbons (Fsp3) is 0.312. The van der Waals surface area contributed by atoms with Crippen molar-refractivity contribution in [2.24, 2.45) is 5.84 Å². The van der Waals surface area contributed by atoms with Gasteiger partial charge in [0.25, 0.3) is 0 Å². The van der Waals surface area contributed by atoms with Gasteiger partial charge in [0.05, 0.1) is 18.8 Å². The minimum atomic E-state index is -0.226. The van der Waals surface area contributed by atoms with Crippen LogP contribution in [0.5, 0.6) is 5.75 Å². The largest absolute Gasteiger partial charge is 0.492 e. The zero-order valence-corrected chi connectivity index (χ0v) is 13.0. The summed E-state index contributed by atoms with van der Waals surface area (Å²) in [4.78, 5) is 4.22. The Bertz CT molecular complexity index is 604. The topological polar surface area (TPSA) is 60.2 Å². The molecule has 4 nitrogen and oxygen atoms in total. The Morgan fingerprint density at radius 2 is 2.14 bits per heavy atom. The van der Waals surface area contributed by atoms with E-state index in [1.807, 2.05) is 31.2 Å². The number of aryl methyl sites for hydroxylation is 1. The molecule has 0 aliphatic rings. The number of ether oxygens (including phenoxy) is 1. The maximum Gasteiger partial charge on any atom is 0.137 e. The van der Waals surface area contributed by atoms with Crippen molar-refractivity contribution in [3.05, 3.63) is 58.4 Å². The molecular formula is C16H20ClN3O. The van der Waals surface area contributed by atoms with Crippen molar-refractivity contribution in [3.8, 4) is 5.75 Å². The fourth-order valence-electron chi connectivity index (χ4n) is 2.12. The van der Waals surface area contributed by atoms with E-state index < -0.39 is 0 Å². The van der Waals surface area contributed by atoms with Crippen LogP contribution < -0.4 is 16.0 Å². The van der Waals surface area contributed by atoms with Crippen LogP contribution in [0.2, 0.25) is 5.02 Å². The molecule has 0 saturated carbocycles. The number of pyridine rings is 1. The molecule has 0 radical (unpaired) electrons. The number of rotatable bonds is 6. The number of nitrogens with two attached hydrogens (primary N) is 1.